The van der Waals surface area contributed by atoms with Gasteiger partial charge in [-0.15, -0.1) is 0 Å². The molecular formula is C15H21N3O. The molecule has 1 N–H and O–H groups in total. The third-order valence-corrected chi connectivity index (χ3v) is 3.42. The lowest BCUT2D eigenvalue weighted by Gasteiger charge is -2.30. The van der Waals surface area contributed by atoms with Crippen LogP contribution < -0.4 is 10.2 Å². The van der Waals surface area contributed by atoms with Gasteiger partial charge in [0.25, 0.3) is 0 Å². The van der Waals surface area contributed by atoms with Crippen LogP contribution >= 0.6 is 0 Å². The lowest BCUT2D eigenvalue weighted by molar-refractivity contribution is 0.133. The number of benzene rings is 1. The Hall–Kier alpha value is -1.57. The van der Waals surface area contributed by atoms with Crippen molar-refractivity contribution in [2.75, 3.05) is 19.7 Å². The molecule has 0 bridgehead atoms. The Labute approximate surface area is 114 Å². The van der Waals surface area contributed by atoms with Gasteiger partial charge in [-0.3, -0.25) is 0 Å². The largest absolute Gasteiger partial charge is 0.479 e. The van der Waals surface area contributed by atoms with E-state index in [1.807, 2.05) is 30.3 Å². The SMILES string of the molecule is CC(NN1CCCCC1)c1ccc(OCC#N)cc1. The predicted octanol–water partition coefficient (Wildman–Crippen LogP) is 2.64. The minimum absolute atomic E-state index is 0.0981. The van der Waals surface area contributed by atoms with Gasteiger partial charge in [0.05, 0.1) is 0 Å². The topological polar surface area (TPSA) is 48.3 Å². The maximum atomic E-state index is 8.46. The van der Waals surface area contributed by atoms with Crippen molar-refractivity contribution in [2.24, 2.45) is 0 Å². The van der Waals surface area contributed by atoms with Gasteiger partial charge >= 0.3 is 0 Å². The zero-order chi connectivity index (χ0) is 13.5. The molecule has 0 spiro atoms. The van der Waals surface area contributed by atoms with E-state index in [4.69, 9.17) is 10.00 Å². The molecule has 0 saturated carbocycles. The van der Waals surface area contributed by atoms with E-state index < -0.39 is 0 Å². The summed E-state index contributed by atoms with van der Waals surface area (Å²) in [5.41, 5.74) is 4.77. The van der Waals surface area contributed by atoms with Crippen LogP contribution in [0.2, 0.25) is 0 Å². The highest BCUT2D eigenvalue weighted by atomic mass is 16.5. The van der Waals surface area contributed by atoms with E-state index >= 15 is 0 Å². The average Bonchev–Trinajstić information content (AvgIpc) is 2.46. The van der Waals surface area contributed by atoms with Crippen LogP contribution in [0.1, 0.15) is 37.8 Å². The molecule has 1 aromatic carbocycles. The number of hydrogen-bond acceptors (Lipinski definition) is 4. The van der Waals surface area contributed by atoms with Crippen LogP contribution in [0.15, 0.2) is 24.3 Å². The second kappa shape index (κ2) is 7.13. The van der Waals surface area contributed by atoms with E-state index in [0.29, 0.717) is 6.04 Å². The fourth-order valence-electron chi connectivity index (χ4n) is 2.34. The van der Waals surface area contributed by atoms with Crippen molar-refractivity contribution < 1.29 is 4.74 Å². The Morgan fingerprint density at radius 1 is 1.26 bits per heavy atom. The highest BCUT2D eigenvalue weighted by Crippen LogP contribution is 2.18. The van der Waals surface area contributed by atoms with Crippen molar-refractivity contribution in [3.63, 3.8) is 0 Å². The molecule has 1 atom stereocenters. The smallest absolute Gasteiger partial charge is 0.174 e. The molecule has 0 aliphatic carbocycles. The molecule has 0 radical (unpaired) electrons. The van der Waals surface area contributed by atoms with Crippen molar-refractivity contribution in [3.05, 3.63) is 29.8 Å². The lowest BCUT2D eigenvalue weighted by Crippen LogP contribution is -2.42. The molecule has 4 nitrogen and oxygen atoms in total. The zero-order valence-corrected chi connectivity index (χ0v) is 11.4. The summed E-state index contributed by atoms with van der Waals surface area (Å²) in [6.45, 7) is 4.53. The van der Waals surface area contributed by atoms with Gasteiger partial charge in [0.1, 0.15) is 11.8 Å². The van der Waals surface area contributed by atoms with Gasteiger partial charge in [-0.2, -0.15) is 5.26 Å². The highest BCUT2D eigenvalue weighted by molar-refractivity contribution is 5.29. The first-order chi connectivity index (χ1) is 9.29. The van der Waals surface area contributed by atoms with Gasteiger partial charge in [-0.05, 0) is 37.5 Å². The molecule has 1 saturated heterocycles. The molecule has 1 aliphatic heterocycles. The number of piperidine rings is 1. The summed E-state index contributed by atoms with van der Waals surface area (Å²) in [5.74, 6) is 0.746. The monoisotopic (exact) mass is 259 g/mol. The van der Waals surface area contributed by atoms with Gasteiger partial charge in [0.15, 0.2) is 6.61 Å². The molecule has 0 amide bonds. The number of ether oxygens (including phenoxy) is 1. The number of rotatable bonds is 5. The van der Waals surface area contributed by atoms with E-state index in [0.717, 1.165) is 18.8 Å². The van der Waals surface area contributed by atoms with Crippen molar-refractivity contribution in [1.29, 1.82) is 5.26 Å². The molecule has 1 fully saturated rings. The summed E-state index contributed by atoms with van der Waals surface area (Å²) in [6.07, 6.45) is 3.90. The Morgan fingerprint density at radius 2 is 1.95 bits per heavy atom. The van der Waals surface area contributed by atoms with Crippen molar-refractivity contribution in [2.45, 2.75) is 32.2 Å². The summed E-state index contributed by atoms with van der Waals surface area (Å²) in [6, 6.07) is 10.2. The van der Waals surface area contributed by atoms with Crippen LogP contribution in [0.4, 0.5) is 0 Å². The van der Waals surface area contributed by atoms with Gasteiger partial charge in [-0.1, -0.05) is 18.6 Å². The second-order valence-electron chi connectivity index (χ2n) is 4.91. The molecule has 1 unspecified atom stereocenters. The number of hydrogen-bond donors (Lipinski definition) is 1. The summed E-state index contributed by atoms with van der Waals surface area (Å²) in [7, 11) is 0. The quantitative estimate of drug-likeness (QED) is 0.883. The Kier molecular flexibility index (Phi) is 5.20. The lowest BCUT2D eigenvalue weighted by atomic mass is 10.1. The van der Waals surface area contributed by atoms with Crippen molar-refractivity contribution >= 4 is 0 Å². The van der Waals surface area contributed by atoms with Gasteiger partial charge < -0.3 is 4.74 Å². The summed E-state index contributed by atoms with van der Waals surface area (Å²) >= 11 is 0. The Balaban J connectivity index is 1.87. The van der Waals surface area contributed by atoms with Crippen LogP contribution in [0, 0.1) is 11.3 Å². The highest BCUT2D eigenvalue weighted by Gasteiger charge is 2.13. The minimum atomic E-state index is 0.0981. The van der Waals surface area contributed by atoms with Crippen LogP contribution in [-0.4, -0.2) is 24.7 Å². The van der Waals surface area contributed by atoms with E-state index in [-0.39, 0.29) is 6.61 Å². The minimum Gasteiger partial charge on any atom is -0.479 e. The van der Waals surface area contributed by atoms with Crippen LogP contribution in [0.25, 0.3) is 0 Å². The van der Waals surface area contributed by atoms with Crippen LogP contribution in [0.3, 0.4) is 0 Å². The van der Waals surface area contributed by atoms with Crippen molar-refractivity contribution in [3.8, 4) is 11.8 Å². The van der Waals surface area contributed by atoms with E-state index in [1.54, 1.807) is 0 Å². The summed E-state index contributed by atoms with van der Waals surface area (Å²) < 4.78 is 5.25. The summed E-state index contributed by atoms with van der Waals surface area (Å²) in [5, 5.41) is 10.8. The molecule has 0 aromatic heterocycles. The third kappa shape index (κ3) is 4.23. The first kappa shape index (κ1) is 13.9. The molecule has 1 heterocycles. The molecular weight excluding hydrogens is 238 g/mol. The zero-order valence-electron chi connectivity index (χ0n) is 11.4. The molecule has 102 valence electrons. The molecule has 4 heteroatoms. The standard InChI is InChI=1S/C15H21N3O/c1-13(17-18-10-3-2-4-11-18)14-5-7-15(8-6-14)19-12-9-16/h5-8,13,17H,2-4,10-12H2,1H3. The molecule has 2 rings (SSSR count). The fourth-order valence-corrected chi connectivity index (χ4v) is 2.34. The van der Waals surface area contributed by atoms with Gasteiger partial charge in [0.2, 0.25) is 0 Å². The Morgan fingerprint density at radius 3 is 2.58 bits per heavy atom. The molecule has 1 aromatic rings. The number of hydrazine groups is 1. The average molecular weight is 259 g/mol. The normalized spacial score (nSPS) is 17.7. The van der Waals surface area contributed by atoms with E-state index in [9.17, 15) is 0 Å². The second-order valence-corrected chi connectivity index (χ2v) is 4.91. The number of nitriles is 1. The van der Waals surface area contributed by atoms with Crippen LogP contribution in [0.5, 0.6) is 5.75 Å². The predicted molar refractivity (Wildman–Crippen MR) is 74.5 cm³/mol. The Bertz CT molecular complexity index is 418. The maximum absolute atomic E-state index is 8.46. The van der Waals surface area contributed by atoms with E-state index in [1.165, 1.54) is 24.8 Å². The van der Waals surface area contributed by atoms with Crippen molar-refractivity contribution in [1.82, 2.24) is 10.4 Å². The number of nitrogens with zero attached hydrogens (tertiary/aromatic N) is 2. The van der Waals surface area contributed by atoms with Gasteiger partial charge in [0, 0.05) is 19.1 Å². The van der Waals surface area contributed by atoms with E-state index in [2.05, 4.69) is 17.4 Å². The maximum Gasteiger partial charge on any atom is 0.174 e. The fraction of sp³-hybridized carbons (Fsp3) is 0.533. The van der Waals surface area contributed by atoms with Crippen LogP contribution in [-0.2, 0) is 0 Å². The van der Waals surface area contributed by atoms with Gasteiger partial charge in [-0.25, -0.2) is 10.4 Å². The third-order valence-electron chi connectivity index (χ3n) is 3.42. The number of nitrogens with one attached hydrogen (secondary N) is 1. The molecule has 19 heavy (non-hydrogen) atoms. The summed E-state index contributed by atoms with van der Waals surface area (Å²) in [4.78, 5) is 0. The first-order valence-corrected chi connectivity index (χ1v) is 6.90. The first-order valence-electron chi connectivity index (χ1n) is 6.90. The molecule has 1 aliphatic rings.